The van der Waals surface area contributed by atoms with Crippen LogP contribution in [0.25, 0.3) is 0 Å². The molecule has 0 bridgehead atoms. The zero-order valence-corrected chi connectivity index (χ0v) is 13.0. The zero-order chi connectivity index (χ0) is 12.9. The van der Waals surface area contributed by atoms with E-state index in [0.717, 1.165) is 17.3 Å². The molecule has 1 aromatic carbocycles. The average Bonchev–Trinajstić information content (AvgIpc) is 2.76. The first-order valence-electron chi connectivity index (χ1n) is 5.82. The van der Waals surface area contributed by atoms with Crippen molar-refractivity contribution in [2.75, 3.05) is 11.5 Å². The molecule has 1 heterocycles. The predicted octanol–water partition coefficient (Wildman–Crippen LogP) is 5.22. The summed E-state index contributed by atoms with van der Waals surface area (Å²) in [6.45, 7) is 4.16. The van der Waals surface area contributed by atoms with Gasteiger partial charge in [-0.05, 0) is 0 Å². The number of hydrogen-bond acceptors (Lipinski definition) is 5. The van der Waals surface area contributed by atoms with Gasteiger partial charge in [-0.3, -0.25) is 0 Å². The molecule has 0 N–H and O–H groups in total. The van der Waals surface area contributed by atoms with Crippen LogP contribution in [0.1, 0.15) is 13.8 Å². The normalized spacial score (nSPS) is 21.3. The second-order valence-corrected chi connectivity index (χ2v) is 13.3. The molecule has 0 saturated carbocycles. The van der Waals surface area contributed by atoms with Crippen molar-refractivity contribution in [1.82, 2.24) is 0 Å². The predicted molar refractivity (Wildman–Crippen MR) is 81.6 cm³/mol. The van der Waals surface area contributed by atoms with Crippen LogP contribution in [-0.2, 0) is 9.05 Å². The van der Waals surface area contributed by atoms with Crippen LogP contribution in [0.4, 0.5) is 0 Å². The van der Waals surface area contributed by atoms with E-state index in [4.69, 9.17) is 13.6 Å². The van der Waals surface area contributed by atoms with E-state index in [2.05, 4.69) is 13.8 Å². The molecule has 1 aliphatic rings. The van der Waals surface area contributed by atoms with E-state index in [0.29, 0.717) is 0 Å². The summed E-state index contributed by atoms with van der Waals surface area (Å²) in [7, 11) is 0. The number of para-hydroxylation sites is 1. The molecule has 2 rings (SSSR count). The van der Waals surface area contributed by atoms with Gasteiger partial charge in [0.15, 0.2) is 0 Å². The van der Waals surface area contributed by atoms with Gasteiger partial charge in [-0.25, -0.2) is 0 Å². The Morgan fingerprint density at radius 3 is 2.06 bits per heavy atom. The first-order valence-corrected chi connectivity index (χ1v) is 11.0. The molecule has 0 amide bonds. The monoisotopic (exact) mass is 304 g/mol. The number of benzene rings is 1. The summed E-state index contributed by atoms with van der Waals surface area (Å²) in [6.07, 6.45) is 3.18. The van der Waals surface area contributed by atoms with Gasteiger partial charge < -0.3 is 0 Å². The van der Waals surface area contributed by atoms with Crippen LogP contribution in [-0.4, -0.2) is 11.5 Å². The summed E-state index contributed by atoms with van der Waals surface area (Å²) in [5.74, 6) is 2.53. The van der Waals surface area contributed by atoms with Crippen LogP contribution in [0.15, 0.2) is 42.9 Å². The van der Waals surface area contributed by atoms with Crippen molar-refractivity contribution in [2.45, 2.75) is 13.8 Å². The molecule has 6 heteroatoms. The fourth-order valence-corrected chi connectivity index (χ4v) is 11.4. The van der Waals surface area contributed by atoms with Crippen molar-refractivity contribution >= 4 is 28.5 Å². The van der Waals surface area contributed by atoms with Crippen LogP contribution in [0.2, 0.25) is 0 Å². The SMILES string of the molecule is CCSP1(Oc2ccccc2)(SCC)OC=CO1. The summed E-state index contributed by atoms with van der Waals surface area (Å²) in [5.41, 5.74) is -3.18. The third kappa shape index (κ3) is 2.73. The summed E-state index contributed by atoms with van der Waals surface area (Å²) < 4.78 is 17.9. The molecule has 0 aromatic heterocycles. The fraction of sp³-hybridized carbons (Fsp3) is 0.333. The van der Waals surface area contributed by atoms with Crippen LogP contribution < -0.4 is 4.52 Å². The van der Waals surface area contributed by atoms with Gasteiger partial charge in [-0.2, -0.15) is 0 Å². The Labute approximate surface area is 116 Å². The maximum absolute atomic E-state index is 6.18. The Morgan fingerprint density at radius 1 is 1.00 bits per heavy atom. The Kier molecular flexibility index (Phi) is 4.36. The first-order chi connectivity index (χ1) is 8.72. The molecule has 3 nitrogen and oxygen atoms in total. The van der Waals surface area contributed by atoms with Crippen molar-refractivity contribution in [1.29, 1.82) is 0 Å². The van der Waals surface area contributed by atoms with Crippen LogP contribution >= 0.6 is 28.5 Å². The van der Waals surface area contributed by atoms with Gasteiger partial charge in [0.2, 0.25) is 0 Å². The molecule has 100 valence electrons. The van der Waals surface area contributed by atoms with Crippen LogP contribution in [0.3, 0.4) is 0 Å². The first kappa shape index (κ1) is 13.9. The van der Waals surface area contributed by atoms with E-state index in [1.165, 1.54) is 0 Å². The van der Waals surface area contributed by atoms with Crippen molar-refractivity contribution in [2.24, 2.45) is 0 Å². The second-order valence-electron chi connectivity index (χ2n) is 3.47. The van der Waals surface area contributed by atoms with Crippen molar-refractivity contribution in [3.8, 4) is 5.75 Å². The van der Waals surface area contributed by atoms with Gasteiger partial charge in [0.25, 0.3) is 0 Å². The molecule has 0 saturated heterocycles. The van der Waals surface area contributed by atoms with E-state index in [9.17, 15) is 0 Å². The third-order valence-corrected chi connectivity index (χ3v) is 12.5. The van der Waals surface area contributed by atoms with E-state index in [-0.39, 0.29) is 0 Å². The topological polar surface area (TPSA) is 27.7 Å². The van der Waals surface area contributed by atoms with Gasteiger partial charge in [0.05, 0.1) is 0 Å². The van der Waals surface area contributed by atoms with Gasteiger partial charge in [-0.1, -0.05) is 0 Å². The zero-order valence-electron chi connectivity index (χ0n) is 10.4. The molecule has 1 aromatic rings. The minimum atomic E-state index is -3.18. The Balaban J connectivity index is 2.29. The standard InChI is InChI=1S/C12H17O3PS2/c1-3-17-16(18-4-2,13-10-11-14-16)15-12-8-6-5-7-9-12/h5-11H,3-4H2,1-2H3. The number of rotatable bonds is 6. The Bertz CT molecular complexity index is 407. The van der Waals surface area contributed by atoms with Gasteiger partial charge in [-0.15, -0.1) is 0 Å². The van der Waals surface area contributed by atoms with E-state index in [1.807, 2.05) is 30.3 Å². The van der Waals surface area contributed by atoms with Gasteiger partial charge in [0.1, 0.15) is 0 Å². The van der Waals surface area contributed by atoms with E-state index in [1.54, 1.807) is 35.3 Å². The molecule has 0 fully saturated rings. The molecule has 0 atom stereocenters. The molecule has 0 spiro atoms. The quantitative estimate of drug-likeness (QED) is 0.672. The van der Waals surface area contributed by atoms with Crippen LogP contribution in [0.5, 0.6) is 5.75 Å². The van der Waals surface area contributed by atoms with Crippen molar-refractivity contribution < 1.29 is 13.6 Å². The summed E-state index contributed by atoms with van der Waals surface area (Å²) in [6, 6.07) is 9.69. The Hall–Kier alpha value is -0.510. The average molecular weight is 304 g/mol. The number of hydrogen-bond donors (Lipinski definition) is 0. The third-order valence-electron chi connectivity index (χ3n) is 2.20. The summed E-state index contributed by atoms with van der Waals surface area (Å²) >= 11 is 3.24. The molecular weight excluding hydrogens is 287 g/mol. The molecule has 1 aliphatic heterocycles. The summed E-state index contributed by atoms with van der Waals surface area (Å²) in [5, 5.41) is 0. The second kappa shape index (κ2) is 5.64. The Morgan fingerprint density at radius 2 is 1.56 bits per heavy atom. The van der Waals surface area contributed by atoms with Gasteiger partial charge in [0, 0.05) is 0 Å². The molecule has 0 radical (unpaired) electrons. The van der Waals surface area contributed by atoms with Gasteiger partial charge >= 0.3 is 116 Å². The van der Waals surface area contributed by atoms with E-state index < -0.39 is 5.69 Å². The molecule has 0 aliphatic carbocycles. The van der Waals surface area contributed by atoms with Crippen LogP contribution in [0, 0.1) is 0 Å². The minimum absolute atomic E-state index is 0.778. The fourth-order valence-electron chi connectivity index (χ4n) is 1.60. The van der Waals surface area contributed by atoms with E-state index >= 15 is 0 Å². The molecular formula is C12H17O3PS2. The molecule has 18 heavy (non-hydrogen) atoms. The summed E-state index contributed by atoms with van der Waals surface area (Å²) in [4.78, 5) is 0. The van der Waals surface area contributed by atoms with Crippen molar-refractivity contribution in [3.05, 3.63) is 42.9 Å². The maximum atomic E-state index is 6.18. The molecule has 0 unspecified atom stereocenters. The van der Waals surface area contributed by atoms with Crippen molar-refractivity contribution in [3.63, 3.8) is 0 Å².